The summed E-state index contributed by atoms with van der Waals surface area (Å²) in [4.78, 5) is 5.83. The van der Waals surface area contributed by atoms with Gasteiger partial charge in [-0.15, -0.1) is 11.3 Å². The molecule has 0 fully saturated rings. The molecule has 1 aromatic carbocycles. The van der Waals surface area contributed by atoms with Crippen molar-refractivity contribution in [1.82, 2.24) is 10.3 Å². The monoisotopic (exact) mass is 260 g/mol. The predicted octanol–water partition coefficient (Wildman–Crippen LogP) is 3.86. The van der Waals surface area contributed by atoms with Gasteiger partial charge in [-0.25, -0.2) is 4.98 Å². The molecule has 0 aliphatic carbocycles. The molecule has 0 spiro atoms. The highest BCUT2D eigenvalue weighted by Gasteiger charge is 2.09. The molecule has 0 saturated carbocycles. The van der Waals surface area contributed by atoms with Crippen molar-refractivity contribution in [3.63, 3.8) is 0 Å². The van der Waals surface area contributed by atoms with Crippen LogP contribution in [-0.4, -0.2) is 4.98 Å². The second-order valence-corrected chi connectivity index (χ2v) is 5.69. The number of nitrogens with one attached hydrogen (secondary N) is 1. The standard InChI is InChI=1S/C15H20N2S/c1-4-14-10-17-15(18-14)12(3)16-9-13-8-6-5-7-11(13)2/h5-8,10,12,16H,4,9H2,1-3H3. The number of aryl methyl sites for hydroxylation is 2. The molecule has 18 heavy (non-hydrogen) atoms. The molecule has 0 amide bonds. The van der Waals surface area contributed by atoms with Crippen molar-refractivity contribution < 1.29 is 0 Å². The summed E-state index contributed by atoms with van der Waals surface area (Å²) >= 11 is 1.81. The molecule has 2 rings (SSSR count). The molecule has 0 aliphatic heterocycles. The number of nitrogens with zero attached hydrogens (tertiary/aromatic N) is 1. The molecule has 0 radical (unpaired) electrons. The first-order valence-electron chi connectivity index (χ1n) is 6.43. The minimum Gasteiger partial charge on any atom is -0.304 e. The van der Waals surface area contributed by atoms with E-state index < -0.39 is 0 Å². The Kier molecular flexibility index (Phi) is 4.50. The van der Waals surface area contributed by atoms with Crippen LogP contribution in [-0.2, 0) is 13.0 Å². The summed E-state index contributed by atoms with van der Waals surface area (Å²) < 4.78 is 0. The Morgan fingerprint density at radius 2 is 2.11 bits per heavy atom. The van der Waals surface area contributed by atoms with Gasteiger partial charge in [0.05, 0.1) is 6.04 Å². The highest BCUT2D eigenvalue weighted by molar-refractivity contribution is 7.11. The minimum absolute atomic E-state index is 0.315. The Morgan fingerprint density at radius 3 is 2.78 bits per heavy atom. The lowest BCUT2D eigenvalue weighted by Crippen LogP contribution is -2.18. The van der Waals surface area contributed by atoms with Crippen LogP contribution in [0.15, 0.2) is 30.5 Å². The van der Waals surface area contributed by atoms with Gasteiger partial charge in [0, 0.05) is 17.6 Å². The van der Waals surface area contributed by atoms with Gasteiger partial charge in [0.25, 0.3) is 0 Å². The van der Waals surface area contributed by atoms with E-state index in [0.717, 1.165) is 13.0 Å². The summed E-state index contributed by atoms with van der Waals surface area (Å²) in [5.74, 6) is 0. The summed E-state index contributed by atoms with van der Waals surface area (Å²) in [6, 6.07) is 8.81. The highest BCUT2D eigenvalue weighted by atomic mass is 32.1. The highest BCUT2D eigenvalue weighted by Crippen LogP contribution is 2.20. The van der Waals surface area contributed by atoms with E-state index >= 15 is 0 Å². The van der Waals surface area contributed by atoms with Crippen LogP contribution in [0.3, 0.4) is 0 Å². The smallest absolute Gasteiger partial charge is 0.109 e. The molecule has 2 nitrogen and oxygen atoms in total. The number of hydrogen-bond donors (Lipinski definition) is 1. The molecule has 2 aromatic rings. The van der Waals surface area contributed by atoms with Crippen molar-refractivity contribution in [2.24, 2.45) is 0 Å². The molecule has 0 aliphatic rings. The third-order valence-corrected chi connectivity index (χ3v) is 4.47. The first-order valence-corrected chi connectivity index (χ1v) is 7.25. The van der Waals surface area contributed by atoms with Gasteiger partial charge in [-0.05, 0) is 31.4 Å². The van der Waals surface area contributed by atoms with E-state index in [0.29, 0.717) is 6.04 Å². The normalized spacial score (nSPS) is 12.6. The molecule has 1 atom stereocenters. The van der Waals surface area contributed by atoms with Crippen molar-refractivity contribution in [1.29, 1.82) is 0 Å². The quantitative estimate of drug-likeness (QED) is 0.883. The van der Waals surface area contributed by atoms with Gasteiger partial charge >= 0.3 is 0 Å². The summed E-state index contributed by atoms with van der Waals surface area (Å²) in [5, 5.41) is 4.72. The molecule has 1 aromatic heterocycles. The van der Waals surface area contributed by atoms with Gasteiger partial charge in [-0.2, -0.15) is 0 Å². The van der Waals surface area contributed by atoms with Crippen molar-refractivity contribution in [2.75, 3.05) is 0 Å². The zero-order chi connectivity index (χ0) is 13.0. The van der Waals surface area contributed by atoms with Gasteiger partial charge in [0.2, 0.25) is 0 Å². The number of aromatic nitrogens is 1. The average molecular weight is 260 g/mol. The van der Waals surface area contributed by atoms with E-state index in [2.05, 4.69) is 55.3 Å². The molecule has 1 N–H and O–H groups in total. The van der Waals surface area contributed by atoms with Gasteiger partial charge < -0.3 is 5.32 Å². The van der Waals surface area contributed by atoms with Gasteiger partial charge in [0.1, 0.15) is 5.01 Å². The fourth-order valence-electron chi connectivity index (χ4n) is 1.85. The van der Waals surface area contributed by atoms with E-state index in [1.807, 2.05) is 6.20 Å². The van der Waals surface area contributed by atoms with Crippen LogP contribution in [0.5, 0.6) is 0 Å². The Balaban J connectivity index is 1.96. The topological polar surface area (TPSA) is 24.9 Å². The van der Waals surface area contributed by atoms with Gasteiger partial charge in [0.15, 0.2) is 0 Å². The summed E-state index contributed by atoms with van der Waals surface area (Å²) in [5.41, 5.74) is 2.70. The summed E-state index contributed by atoms with van der Waals surface area (Å²) in [6.07, 6.45) is 3.06. The molecular weight excluding hydrogens is 240 g/mol. The number of rotatable bonds is 5. The largest absolute Gasteiger partial charge is 0.304 e. The summed E-state index contributed by atoms with van der Waals surface area (Å²) in [6.45, 7) is 7.40. The van der Waals surface area contributed by atoms with Crippen LogP contribution in [0, 0.1) is 6.92 Å². The molecule has 96 valence electrons. The molecular formula is C15H20N2S. The van der Waals surface area contributed by atoms with E-state index in [1.54, 1.807) is 11.3 Å². The maximum absolute atomic E-state index is 4.48. The van der Waals surface area contributed by atoms with Crippen LogP contribution in [0.25, 0.3) is 0 Å². The van der Waals surface area contributed by atoms with Crippen LogP contribution in [0.1, 0.15) is 40.9 Å². The lowest BCUT2D eigenvalue weighted by molar-refractivity contribution is 0.570. The fraction of sp³-hybridized carbons (Fsp3) is 0.400. The second-order valence-electron chi connectivity index (χ2n) is 4.55. The van der Waals surface area contributed by atoms with Crippen LogP contribution < -0.4 is 5.32 Å². The summed E-state index contributed by atoms with van der Waals surface area (Å²) in [7, 11) is 0. The van der Waals surface area contributed by atoms with Crippen molar-refractivity contribution in [2.45, 2.75) is 39.8 Å². The van der Waals surface area contributed by atoms with Crippen LogP contribution in [0.4, 0.5) is 0 Å². The van der Waals surface area contributed by atoms with Gasteiger partial charge in [-0.3, -0.25) is 0 Å². The van der Waals surface area contributed by atoms with Gasteiger partial charge in [-0.1, -0.05) is 31.2 Å². The molecule has 3 heteroatoms. The Bertz CT molecular complexity index is 505. The maximum atomic E-state index is 4.48. The van der Waals surface area contributed by atoms with E-state index in [9.17, 15) is 0 Å². The first kappa shape index (κ1) is 13.2. The lowest BCUT2D eigenvalue weighted by atomic mass is 10.1. The Morgan fingerprint density at radius 1 is 1.33 bits per heavy atom. The van der Waals surface area contributed by atoms with Crippen molar-refractivity contribution >= 4 is 11.3 Å². The van der Waals surface area contributed by atoms with E-state index in [1.165, 1.54) is 21.0 Å². The van der Waals surface area contributed by atoms with E-state index in [4.69, 9.17) is 0 Å². The second kappa shape index (κ2) is 6.12. The fourth-order valence-corrected chi connectivity index (χ4v) is 2.73. The zero-order valence-electron chi connectivity index (χ0n) is 11.2. The minimum atomic E-state index is 0.315. The van der Waals surface area contributed by atoms with E-state index in [-0.39, 0.29) is 0 Å². The maximum Gasteiger partial charge on any atom is 0.109 e. The molecule has 1 unspecified atom stereocenters. The van der Waals surface area contributed by atoms with Crippen molar-refractivity contribution in [3.8, 4) is 0 Å². The zero-order valence-corrected chi connectivity index (χ0v) is 12.1. The third-order valence-electron chi connectivity index (χ3n) is 3.15. The van der Waals surface area contributed by atoms with Crippen molar-refractivity contribution in [3.05, 3.63) is 51.5 Å². The first-order chi connectivity index (χ1) is 8.70. The SMILES string of the molecule is CCc1cnc(C(C)NCc2ccccc2C)s1. The number of hydrogen-bond acceptors (Lipinski definition) is 3. The van der Waals surface area contributed by atoms with Crippen LogP contribution in [0.2, 0.25) is 0 Å². The number of thiazole rings is 1. The predicted molar refractivity (Wildman–Crippen MR) is 77.9 cm³/mol. The molecule has 0 saturated heterocycles. The molecule has 0 bridgehead atoms. The van der Waals surface area contributed by atoms with Crippen LogP contribution >= 0.6 is 11.3 Å². The Hall–Kier alpha value is -1.19. The lowest BCUT2D eigenvalue weighted by Gasteiger charge is -2.12. The Labute approximate surface area is 113 Å². The average Bonchev–Trinajstić information content (AvgIpc) is 2.86. The number of benzene rings is 1. The third kappa shape index (κ3) is 3.18. The molecule has 1 heterocycles.